The Labute approximate surface area is 92.4 Å². The lowest BCUT2D eigenvalue weighted by atomic mass is 10.2. The van der Waals surface area contributed by atoms with E-state index in [2.05, 4.69) is 9.47 Å². The molecular formula is C9H6F4O4. The molecule has 1 rings (SSSR count). The Morgan fingerprint density at radius 2 is 1.59 bits per heavy atom. The number of hydrogen-bond acceptors (Lipinski definition) is 3. The second-order valence-electron chi connectivity index (χ2n) is 2.72. The van der Waals surface area contributed by atoms with Crippen LogP contribution in [-0.4, -0.2) is 24.3 Å². The molecule has 0 bridgehead atoms. The zero-order valence-corrected chi connectivity index (χ0v) is 8.07. The van der Waals surface area contributed by atoms with Crippen LogP contribution in [0.2, 0.25) is 0 Å². The van der Waals surface area contributed by atoms with Gasteiger partial charge in [0.05, 0.1) is 5.56 Å². The molecule has 0 aliphatic heterocycles. The van der Waals surface area contributed by atoms with Crippen LogP contribution in [0.4, 0.5) is 17.6 Å². The molecule has 0 fully saturated rings. The van der Waals surface area contributed by atoms with E-state index in [9.17, 15) is 22.4 Å². The Morgan fingerprint density at radius 3 is 2.06 bits per heavy atom. The van der Waals surface area contributed by atoms with Gasteiger partial charge in [0.1, 0.15) is 0 Å². The van der Waals surface area contributed by atoms with E-state index < -0.39 is 30.7 Å². The second-order valence-corrected chi connectivity index (χ2v) is 2.72. The first-order valence-electron chi connectivity index (χ1n) is 4.17. The van der Waals surface area contributed by atoms with Crippen molar-refractivity contribution in [2.45, 2.75) is 13.2 Å². The molecule has 94 valence electrons. The molecule has 0 radical (unpaired) electrons. The molecule has 1 aromatic carbocycles. The lowest BCUT2D eigenvalue weighted by Gasteiger charge is -2.11. The second kappa shape index (κ2) is 5.37. The van der Waals surface area contributed by atoms with Gasteiger partial charge in [0.25, 0.3) is 0 Å². The molecule has 0 aromatic heterocycles. The van der Waals surface area contributed by atoms with Crippen LogP contribution in [0.5, 0.6) is 11.5 Å². The highest BCUT2D eigenvalue weighted by Gasteiger charge is 2.16. The summed E-state index contributed by atoms with van der Waals surface area (Å²) < 4.78 is 55.5. The minimum Gasteiger partial charge on any atom is -0.478 e. The quantitative estimate of drug-likeness (QED) is 0.820. The van der Waals surface area contributed by atoms with Gasteiger partial charge in [-0.2, -0.15) is 17.6 Å². The Hall–Kier alpha value is -1.99. The van der Waals surface area contributed by atoms with Crippen LogP contribution in [0.1, 0.15) is 10.4 Å². The predicted molar refractivity (Wildman–Crippen MR) is 46.7 cm³/mol. The lowest BCUT2D eigenvalue weighted by molar-refractivity contribution is -0.0692. The first kappa shape index (κ1) is 13.1. The van der Waals surface area contributed by atoms with Crippen LogP contribution < -0.4 is 9.47 Å². The third-order valence-corrected chi connectivity index (χ3v) is 1.62. The van der Waals surface area contributed by atoms with Gasteiger partial charge in [0.2, 0.25) is 0 Å². The summed E-state index contributed by atoms with van der Waals surface area (Å²) in [5.74, 6) is -2.83. The Bertz CT molecular complexity index is 408. The summed E-state index contributed by atoms with van der Waals surface area (Å²) in [6, 6.07) is 2.41. The largest absolute Gasteiger partial charge is 0.478 e. The lowest BCUT2D eigenvalue weighted by Crippen LogP contribution is -2.08. The van der Waals surface area contributed by atoms with Gasteiger partial charge >= 0.3 is 19.2 Å². The van der Waals surface area contributed by atoms with Crippen molar-refractivity contribution in [1.29, 1.82) is 0 Å². The maximum atomic E-state index is 12.0. The van der Waals surface area contributed by atoms with E-state index in [-0.39, 0.29) is 5.56 Å². The fourth-order valence-corrected chi connectivity index (χ4v) is 1.02. The zero-order chi connectivity index (χ0) is 13.0. The van der Waals surface area contributed by atoms with Crippen LogP contribution in [-0.2, 0) is 0 Å². The van der Waals surface area contributed by atoms with E-state index in [4.69, 9.17) is 5.11 Å². The van der Waals surface area contributed by atoms with E-state index >= 15 is 0 Å². The molecule has 1 aromatic rings. The minimum atomic E-state index is -3.28. The molecule has 0 heterocycles. The van der Waals surface area contributed by atoms with Crippen molar-refractivity contribution in [3.63, 3.8) is 0 Å². The fraction of sp³-hybridized carbons (Fsp3) is 0.222. The molecule has 1 N–H and O–H groups in total. The van der Waals surface area contributed by atoms with Gasteiger partial charge < -0.3 is 14.6 Å². The average molecular weight is 254 g/mol. The van der Waals surface area contributed by atoms with Crippen molar-refractivity contribution in [1.82, 2.24) is 0 Å². The Kier molecular flexibility index (Phi) is 4.13. The number of rotatable bonds is 5. The van der Waals surface area contributed by atoms with Gasteiger partial charge in [-0.15, -0.1) is 0 Å². The number of halogens is 4. The molecular weight excluding hydrogens is 248 g/mol. The molecule has 0 amide bonds. The first-order valence-corrected chi connectivity index (χ1v) is 4.17. The molecule has 4 nitrogen and oxygen atoms in total. The van der Waals surface area contributed by atoms with Crippen LogP contribution >= 0.6 is 0 Å². The summed E-state index contributed by atoms with van der Waals surface area (Å²) in [7, 11) is 0. The number of benzene rings is 1. The number of carboxylic acids is 1. The number of alkyl halides is 4. The van der Waals surface area contributed by atoms with Gasteiger partial charge in [0.15, 0.2) is 11.5 Å². The summed E-state index contributed by atoms with van der Waals surface area (Å²) in [5, 5.41) is 8.58. The van der Waals surface area contributed by atoms with E-state index in [1.54, 1.807) is 0 Å². The molecule has 0 spiro atoms. The number of ether oxygens (including phenoxy) is 2. The van der Waals surface area contributed by atoms with Gasteiger partial charge in [-0.05, 0) is 18.2 Å². The summed E-state index contributed by atoms with van der Waals surface area (Å²) in [6.45, 7) is -6.51. The summed E-state index contributed by atoms with van der Waals surface area (Å²) in [5.41, 5.74) is -0.387. The zero-order valence-electron chi connectivity index (χ0n) is 8.07. The predicted octanol–water partition coefficient (Wildman–Crippen LogP) is 2.59. The van der Waals surface area contributed by atoms with Crippen LogP contribution in [0.25, 0.3) is 0 Å². The summed E-state index contributed by atoms with van der Waals surface area (Å²) >= 11 is 0. The standard InChI is InChI=1S/C9H6F4O4/c10-8(11)16-5-2-1-4(7(14)15)3-6(5)17-9(12)13/h1-3,8-9H,(H,14,15). The highest BCUT2D eigenvalue weighted by Crippen LogP contribution is 2.31. The number of aromatic carboxylic acids is 1. The Balaban J connectivity index is 3.07. The molecule has 0 aliphatic rings. The molecule has 8 heteroatoms. The Morgan fingerprint density at radius 1 is 1.06 bits per heavy atom. The average Bonchev–Trinajstić information content (AvgIpc) is 2.18. The van der Waals surface area contributed by atoms with Gasteiger partial charge in [-0.1, -0.05) is 0 Å². The van der Waals surface area contributed by atoms with Crippen molar-refractivity contribution in [3.8, 4) is 11.5 Å². The fourth-order valence-electron chi connectivity index (χ4n) is 1.02. The number of carboxylic acid groups (broad SMARTS) is 1. The summed E-state index contributed by atoms with van der Waals surface area (Å²) in [6.07, 6.45) is 0. The van der Waals surface area contributed by atoms with E-state index in [1.165, 1.54) is 0 Å². The topological polar surface area (TPSA) is 55.8 Å². The molecule has 0 unspecified atom stereocenters. The van der Waals surface area contributed by atoms with Crippen molar-refractivity contribution < 1.29 is 36.9 Å². The van der Waals surface area contributed by atoms with Crippen molar-refractivity contribution in [2.24, 2.45) is 0 Å². The van der Waals surface area contributed by atoms with Crippen molar-refractivity contribution in [3.05, 3.63) is 23.8 Å². The van der Waals surface area contributed by atoms with Crippen molar-refractivity contribution >= 4 is 5.97 Å². The maximum absolute atomic E-state index is 12.0. The monoisotopic (exact) mass is 254 g/mol. The maximum Gasteiger partial charge on any atom is 0.387 e. The molecule has 0 aliphatic carbocycles. The van der Waals surface area contributed by atoms with E-state index in [0.29, 0.717) is 6.07 Å². The third kappa shape index (κ3) is 3.82. The van der Waals surface area contributed by atoms with E-state index in [1.807, 2.05) is 0 Å². The number of hydrogen-bond donors (Lipinski definition) is 1. The van der Waals surface area contributed by atoms with Crippen LogP contribution in [0.3, 0.4) is 0 Å². The molecule has 0 atom stereocenters. The highest BCUT2D eigenvalue weighted by molar-refractivity contribution is 5.88. The smallest absolute Gasteiger partial charge is 0.387 e. The normalized spacial score (nSPS) is 10.7. The number of carbonyl (C=O) groups is 1. The molecule has 0 saturated heterocycles. The van der Waals surface area contributed by atoms with E-state index in [0.717, 1.165) is 12.1 Å². The molecule has 17 heavy (non-hydrogen) atoms. The van der Waals surface area contributed by atoms with Gasteiger partial charge in [0, 0.05) is 0 Å². The van der Waals surface area contributed by atoms with Crippen molar-refractivity contribution in [2.75, 3.05) is 0 Å². The van der Waals surface area contributed by atoms with Crippen LogP contribution in [0, 0.1) is 0 Å². The molecule has 0 saturated carbocycles. The van der Waals surface area contributed by atoms with Gasteiger partial charge in [-0.25, -0.2) is 4.79 Å². The van der Waals surface area contributed by atoms with Crippen LogP contribution in [0.15, 0.2) is 18.2 Å². The summed E-state index contributed by atoms with van der Waals surface area (Å²) in [4.78, 5) is 10.5. The van der Waals surface area contributed by atoms with Gasteiger partial charge in [-0.3, -0.25) is 0 Å². The third-order valence-electron chi connectivity index (χ3n) is 1.62. The minimum absolute atomic E-state index is 0.387. The SMILES string of the molecule is O=C(O)c1ccc(OC(F)F)c(OC(F)F)c1. The highest BCUT2D eigenvalue weighted by atomic mass is 19.3. The first-order chi connectivity index (χ1) is 7.90.